The molecule has 0 radical (unpaired) electrons. The van der Waals surface area contributed by atoms with E-state index in [4.69, 9.17) is 19.9 Å². The predicted molar refractivity (Wildman–Crippen MR) is 61.9 cm³/mol. The number of carbonyl (C=O) groups is 3. The van der Waals surface area contributed by atoms with Crippen LogP contribution in [0.4, 0.5) is 0 Å². The van der Waals surface area contributed by atoms with E-state index >= 15 is 0 Å². The summed E-state index contributed by atoms with van der Waals surface area (Å²) < 4.78 is 14.9. The summed E-state index contributed by atoms with van der Waals surface area (Å²) in [6, 6.07) is 2.61. The van der Waals surface area contributed by atoms with Crippen molar-refractivity contribution >= 4 is 17.8 Å². The van der Waals surface area contributed by atoms with Crippen molar-refractivity contribution in [3.05, 3.63) is 29.8 Å². The molecule has 1 heterocycles. The van der Waals surface area contributed by atoms with E-state index in [-0.39, 0.29) is 22.8 Å². The van der Waals surface area contributed by atoms with Crippen LogP contribution in [0.5, 0.6) is 17.2 Å². The Balaban J connectivity index is 2.63. The Labute approximate surface area is 107 Å². The van der Waals surface area contributed by atoms with Crippen molar-refractivity contribution in [2.75, 3.05) is 7.11 Å². The number of esters is 2. The zero-order valence-electron chi connectivity index (χ0n) is 9.84. The van der Waals surface area contributed by atoms with Crippen molar-refractivity contribution in [1.29, 1.82) is 0 Å². The number of rotatable bonds is 2. The third kappa shape index (κ3) is 2.39. The summed E-state index contributed by atoms with van der Waals surface area (Å²) in [6.45, 7) is 0. The average Bonchev–Trinajstić information content (AvgIpc) is 2.35. The minimum Gasteiger partial charge on any atom is -0.492 e. The number of nitrogens with two attached hydrogens (primary N) is 1. The first-order valence-electron chi connectivity index (χ1n) is 5.15. The van der Waals surface area contributed by atoms with Crippen LogP contribution in [0.1, 0.15) is 10.4 Å². The van der Waals surface area contributed by atoms with Gasteiger partial charge in [-0.2, -0.15) is 0 Å². The third-order valence-corrected chi connectivity index (χ3v) is 2.31. The molecule has 0 bridgehead atoms. The number of hydrogen-bond acceptors (Lipinski definition) is 6. The Kier molecular flexibility index (Phi) is 3.19. The van der Waals surface area contributed by atoms with Gasteiger partial charge in [0.2, 0.25) is 5.75 Å². The van der Waals surface area contributed by atoms with Gasteiger partial charge in [0, 0.05) is 12.2 Å². The molecule has 0 atom stereocenters. The van der Waals surface area contributed by atoms with Crippen LogP contribution in [0.15, 0.2) is 24.3 Å². The molecule has 1 aromatic rings. The Hall–Kier alpha value is -2.83. The molecule has 98 valence electrons. The molecule has 0 spiro atoms. The summed E-state index contributed by atoms with van der Waals surface area (Å²) in [5, 5.41) is 0. The molecule has 0 aliphatic carbocycles. The standard InChI is InChI=1S/C12H9NO6/c1-17-10-6(12(13)16)2-3-7-11(10)19-9(15)5-4-8(14)18-7/h2-5H,1H3,(H2,13,16)/b5-4-. The van der Waals surface area contributed by atoms with Gasteiger partial charge in [0.15, 0.2) is 11.5 Å². The highest BCUT2D eigenvalue weighted by atomic mass is 16.6. The van der Waals surface area contributed by atoms with Crippen molar-refractivity contribution < 1.29 is 28.6 Å². The van der Waals surface area contributed by atoms with Gasteiger partial charge >= 0.3 is 11.9 Å². The van der Waals surface area contributed by atoms with E-state index in [9.17, 15) is 14.4 Å². The van der Waals surface area contributed by atoms with Gasteiger partial charge in [-0.25, -0.2) is 9.59 Å². The maximum atomic E-state index is 11.4. The molecule has 7 nitrogen and oxygen atoms in total. The lowest BCUT2D eigenvalue weighted by molar-refractivity contribution is -0.133. The van der Waals surface area contributed by atoms with Crippen molar-refractivity contribution in [1.82, 2.24) is 0 Å². The second-order valence-corrected chi connectivity index (χ2v) is 3.51. The van der Waals surface area contributed by atoms with E-state index < -0.39 is 17.8 Å². The Bertz CT molecular complexity index is 604. The Morgan fingerprint density at radius 3 is 2.37 bits per heavy atom. The zero-order chi connectivity index (χ0) is 14.0. The molecular weight excluding hydrogens is 254 g/mol. The number of primary amides is 1. The SMILES string of the molecule is COc1c(C(N)=O)ccc2c1OC(=O)/C=C\C(=O)O2. The second-order valence-electron chi connectivity index (χ2n) is 3.51. The monoisotopic (exact) mass is 263 g/mol. The maximum absolute atomic E-state index is 11.4. The molecule has 19 heavy (non-hydrogen) atoms. The molecule has 1 amide bonds. The maximum Gasteiger partial charge on any atom is 0.336 e. The summed E-state index contributed by atoms with van der Waals surface area (Å²) in [4.78, 5) is 34.0. The predicted octanol–water partition coefficient (Wildman–Crippen LogP) is 0.175. The van der Waals surface area contributed by atoms with E-state index in [1.807, 2.05) is 0 Å². The van der Waals surface area contributed by atoms with E-state index in [0.717, 1.165) is 12.2 Å². The Morgan fingerprint density at radius 2 is 1.79 bits per heavy atom. The molecule has 0 saturated carbocycles. The van der Waals surface area contributed by atoms with Gasteiger partial charge in [-0.3, -0.25) is 4.79 Å². The summed E-state index contributed by atoms with van der Waals surface area (Å²) in [6.07, 6.45) is 1.83. The van der Waals surface area contributed by atoms with E-state index in [1.54, 1.807) is 0 Å². The fourth-order valence-corrected chi connectivity index (χ4v) is 1.53. The number of amides is 1. The van der Waals surface area contributed by atoms with Crippen LogP contribution >= 0.6 is 0 Å². The van der Waals surface area contributed by atoms with E-state index in [1.165, 1.54) is 19.2 Å². The zero-order valence-corrected chi connectivity index (χ0v) is 9.84. The molecule has 1 aliphatic rings. The number of hydrogen-bond donors (Lipinski definition) is 1. The van der Waals surface area contributed by atoms with Crippen LogP contribution in [0.2, 0.25) is 0 Å². The molecule has 7 heteroatoms. The molecule has 0 fully saturated rings. The number of fused-ring (bicyclic) bond motifs is 1. The van der Waals surface area contributed by atoms with Crippen molar-refractivity contribution in [2.45, 2.75) is 0 Å². The summed E-state index contributed by atoms with van der Waals surface area (Å²) in [7, 11) is 1.27. The first-order chi connectivity index (χ1) is 9.02. The topological polar surface area (TPSA) is 105 Å². The third-order valence-electron chi connectivity index (χ3n) is 2.31. The minimum atomic E-state index is -0.794. The minimum absolute atomic E-state index is 0.00894. The molecular formula is C12H9NO6. The number of benzene rings is 1. The molecule has 1 aliphatic heterocycles. The summed E-state index contributed by atoms with van der Waals surface area (Å²) >= 11 is 0. The van der Waals surface area contributed by atoms with E-state index in [2.05, 4.69) is 0 Å². The highest BCUT2D eigenvalue weighted by molar-refractivity contribution is 5.99. The number of methoxy groups -OCH3 is 1. The van der Waals surface area contributed by atoms with Gasteiger partial charge in [-0.1, -0.05) is 0 Å². The fraction of sp³-hybridized carbons (Fsp3) is 0.0833. The smallest absolute Gasteiger partial charge is 0.336 e. The lowest BCUT2D eigenvalue weighted by atomic mass is 10.1. The quantitative estimate of drug-likeness (QED) is 0.602. The largest absolute Gasteiger partial charge is 0.492 e. The van der Waals surface area contributed by atoms with Crippen molar-refractivity contribution in [3.63, 3.8) is 0 Å². The van der Waals surface area contributed by atoms with Crippen LogP contribution in [-0.2, 0) is 9.59 Å². The second kappa shape index (κ2) is 4.81. The average molecular weight is 263 g/mol. The van der Waals surface area contributed by atoms with Gasteiger partial charge in [0.25, 0.3) is 5.91 Å². The molecule has 0 aromatic heterocycles. The lowest BCUT2D eigenvalue weighted by Crippen LogP contribution is -2.17. The van der Waals surface area contributed by atoms with Crippen molar-refractivity contribution in [2.24, 2.45) is 5.73 Å². The highest BCUT2D eigenvalue weighted by Crippen LogP contribution is 2.40. The van der Waals surface area contributed by atoms with Gasteiger partial charge in [0.1, 0.15) is 0 Å². The van der Waals surface area contributed by atoms with Crippen LogP contribution in [0.25, 0.3) is 0 Å². The van der Waals surface area contributed by atoms with E-state index in [0.29, 0.717) is 0 Å². The molecule has 2 N–H and O–H groups in total. The van der Waals surface area contributed by atoms with Gasteiger partial charge < -0.3 is 19.9 Å². The van der Waals surface area contributed by atoms with Crippen LogP contribution in [0.3, 0.4) is 0 Å². The van der Waals surface area contributed by atoms with Crippen LogP contribution in [-0.4, -0.2) is 25.0 Å². The summed E-state index contributed by atoms with van der Waals surface area (Å²) in [5.74, 6) is -2.57. The highest BCUT2D eigenvalue weighted by Gasteiger charge is 2.24. The molecule has 0 unspecified atom stereocenters. The fourth-order valence-electron chi connectivity index (χ4n) is 1.53. The van der Waals surface area contributed by atoms with Crippen LogP contribution in [0, 0.1) is 0 Å². The van der Waals surface area contributed by atoms with Crippen molar-refractivity contribution in [3.8, 4) is 17.2 Å². The lowest BCUT2D eigenvalue weighted by Gasteiger charge is -2.15. The summed E-state index contributed by atoms with van der Waals surface area (Å²) in [5.41, 5.74) is 5.18. The number of carbonyl (C=O) groups excluding carboxylic acids is 3. The van der Waals surface area contributed by atoms with Crippen LogP contribution < -0.4 is 19.9 Å². The molecule has 0 saturated heterocycles. The molecule has 1 aromatic carbocycles. The van der Waals surface area contributed by atoms with Gasteiger partial charge in [0.05, 0.1) is 12.7 Å². The van der Waals surface area contributed by atoms with Gasteiger partial charge in [-0.15, -0.1) is 0 Å². The first kappa shape index (κ1) is 12.6. The molecule has 2 rings (SSSR count). The first-order valence-corrected chi connectivity index (χ1v) is 5.15. The Morgan fingerprint density at radius 1 is 1.16 bits per heavy atom. The van der Waals surface area contributed by atoms with Gasteiger partial charge in [-0.05, 0) is 12.1 Å². The number of ether oxygens (including phenoxy) is 3. The normalized spacial score (nSPS) is 15.4.